The van der Waals surface area contributed by atoms with Gasteiger partial charge in [-0.25, -0.2) is 0 Å². The van der Waals surface area contributed by atoms with Crippen molar-refractivity contribution >= 4 is 42.4 Å². The molecule has 0 heterocycles. The number of carbonyl (C=O) groups is 3. The molecule has 0 atom stereocenters. The van der Waals surface area contributed by atoms with Crippen LogP contribution < -0.4 is 15.6 Å². The van der Waals surface area contributed by atoms with Gasteiger partial charge < -0.3 is 22.0 Å². The van der Waals surface area contributed by atoms with E-state index in [1.807, 2.05) is 91.0 Å². The van der Waals surface area contributed by atoms with Gasteiger partial charge in [0.25, 0.3) is 8.32 Å². The molecule has 0 aromatic heterocycles. The van der Waals surface area contributed by atoms with Crippen molar-refractivity contribution in [2.45, 2.75) is 0 Å². The predicted molar refractivity (Wildman–Crippen MR) is 119 cm³/mol. The standard InChI is InChI=1S/C18H16OSi.3CH2FNO.Zn/c19-20(16-10-4-1-5-11-16,17-12-6-2-7-13-17)18-14-8-3-9-15-18;3*2-1(3)4;/h1-15,19H;3*(H2,3,4);/p-3. The number of hydrogen-bond acceptors (Lipinski definition) is 4. The Morgan fingerprint density at radius 1 is 0.545 bits per heavy atom. The van der Waals surface area contributed by atoms with Crippen molar-refractivity contribution in [3.8, 4) is 0 Å². The Morgan fingerprint density at radius 2 is 0.697 bits per heavy atom. The fourth-order valence-electron chi connectivity index (χ4n) is 2.54. The first-order chi connectivity index (χ1) is 15.0. The number of hydrogen-bond donors (Lipinski definition) is 1. The Balaban J connectivity index is 0. The van der Waals surface area contributed by atoms with Crippen LogP contribution in [0.15, 0.2) is 91.0 Å². The summed E-state index contributed by atoms with van der Waals surface area (Å²) >= 11 is 0. The molecule has 0 spiro atoms. The van der Waals surface area contributed by atoms with Crippen LogP contribution in [-0.4, -0.2) is 31.6 Å². The molecule has 0 aliphatic carbocycles. The summed E-state index contributed by atoms with van der Waals surface area (Å²) in [6, 6.07) is 30.0. The smallest absolute Gasteiger partial charge is 0.285 e. The number of nitrogens with one attached hydrogen (secondary N) is 3. The van der Waals surface area contributed by atoms with Crippen LogP contribution in [0.2, 0.25) is 0 Å². The van der Waals surface area contributed by atoms with Crippen LogP contribution in [0.3, 0.4) is 0 Å². The van der Waals surface area contributed by atoms with E-state index in [0.29, 0.717) is 0 Å². The van der Waals surface area contributed by atoms with E-state index in [4.69, 9.17) is 31.6 Å². The molecular formula is C21H19F3N3O4SiZn-3. The molecule has 0 radical (unpaired) electrons. The number of halogens is 3. The summed E-state index contributed by atoms with van der Waals surface area (Å²) in [6.45, 7) is 0. The molecule has 3 amide bonds. The molecule has 0 aliphatic heterocycles. The minimum atomic E-state index is -2.88. The molecule has 172 valence electrons. The van der Waals surface area contributed by atoms with E-state index in [0.717, 1.165) is 15.6 Å². The summed E-state index contributed by atoms with van der Waals surface area (Å²) < 4.78 is 30.1. The Bertz CT molecular complexity index is 835. The Kier molecular flexibility index (Phi) is 16.6. The maximum atomic E-state index is 11.6. The van der Waals surface area contributed by atoms with Crippen molar-refractivity contribution in [2.24, 2.45) is 0 Å². The van der Waals surface area contributed by atoms with E-state index in [2.05, 4.69) is 0 Å². The van der Waals surface area contributed by atoms with Crippen molar-refractivity contribution in [3.63, 3.8) is 0 Å². The Labute approximate surface area is 202 Å². The molecular weight excluding hydrogens is 509 g/mol. The average molecular weight is 528 g/mol. The van der Waals surface area contributed by atoms with E-state index in [9.17, 15) is 18.0 Å². The zero-order valence-corrected chi connectivity index (χ0v) is 21.1. The predicted octanol–water partition coefficient (Wildman–Crippen LogP) is 5.03. The first-order valence-electron chi connectivity index (χ1n) is 8.63. The second-order valence-electron chi connectivity index (χ2n) is 5.63. The van der Waals surface area contributed by atoms with Gasteiger partial charge in [-0.05, 0) is 15.6 Å². The maximum Gasteiger partial charge on any atom is 0.285 e. The van der Waals surface area contributed by atoms with Crippen LogP contribution in [0, 0.1) is 0 Å². The normalized spacial score (nSPS) is 9.09. The molecule has 12 heteroatoms. The van der Waals surface area contributed by atoms with Gasteiger partial charge >= 0.3 is 0 Å². The van der Waals surface area contributed by atoms with Crippen molar-refractivity contribution in [3.05, 3.63) is 108 Å². The molecule has 3 aromatic rings. The van der Waals surface area contributed by atoms with Crippen LogP contribution in [0.25, 0.3) is 17.2 Å². The molecule has 33 heavy (non-hydrogen) atoms. The molecule has 0 bridgehead atoms. The van der Waals surface area contributed by atoms with Gasteiger partial charge in [0.15, 0.2) is 0 Å². The topological polar surface area (TPSA) is 143 Å². The van der Waals surface area contributed by atoms with E-state index in [-0.39, 0.29) is 19.5 Å². The molecule has 3 rings (SSSR count). The van der Waals surface area contributed by atoms with Crippen LogP contribution in [0.5, 0.6) is 0 Å². The van der Waals surface area contributed by atoms with E-state index < -0.39 is 26.8 Å². The van der Waals surface area contributed by atoms with Crippen LogP contribution >= 0.6 is 0 Å². The summed E-state index contributed by atoms with van der Waals surface area (Å²) in [5.41, 5.74) is 15.8. The first kappa shape index (κ1) is 31.8. The SMILES string of the molecule is O[Si](c1ccccc1)(c1ccccc1)c1ccccc1.[NH-]C(=O)F.[NH-]C(=O)F.[NH-]C(=O)F.[Zn]. The zero-order chi connectivity index (χ0) is 24.6. The molecule has 0 aliphatic rings. The molecule has 0 saturated heterocycles. The fraction of sp³-hybridized carbons (Fsp3) is 0. The molecule has 7 nitrogen and oxygen atoms in total. The van der Waals surface area contributed by atoms with Gasteiger partial charge in [0.05, 0.1) is 0 Å². The Morgan fingerprint density at radius 3 is 0.848 bits per heavy atom. The summed E-state index contributed by atoms with van der Waals surface area (Å²) in [5.74, 6) is 0. The van der Waals surface area contributed by atoms with E-state index in [1.54, 1.807) is 0 Å². The van der Waals surface area contributed by atoms with Gasteiger partial charge in [0.2, 0.25) is 18.5 Å². The number of amides is 3. The van der Waals surface area contributed by atoms with E-state index in [1.165, 1.54) is 0 Å². The van der Waals surface area contributed by atoms with Crippen molar-refractivity contribution in [1.82, 2.24) is 0 Å². The Hall–Kier alpha value is -3.34. The fourth-order valence-corrected chi connectivity index (χ4v) is 5.56. The van der Waals surface area contributed by atoms with Gasteiger partial charge in [0.1, 0.15) is 0 Å². The second-order valence-corrected chi connectivity index (χ2v) is 8.78. The summed E-state index contributed by atoms with van der Waals surface area (Å²) in [4.78, 5) is 36.9. The van der Waals surface area contributed by atoms with Crippen molar-refractivity contribution in [1.29, 1.82) is 0 Å². The average Bonchev–Trinajstić information content (AvgIpc) is 2.74. The third kappa shape index (κ3) is 13.6. The summed E-state index contributed by atoms with van der Waals surface area (Å²) in [5, 5.41) is 3.03. The van der Waals surface area contributed by atoms with Crippen LogP contribution in [0.4, 0.5) is 27.6 Å². The minimum absolute atomic E-state index is 0. The third-order valence-corrected chi connectivity index (χ3v) is 7.08. The van der Waals surface area contributed by atoms with Gasteiger partial charge in [-0.2, -0.15) is 13.2 Å². The van der Waals surface area contributed by atoms with Gasteiger partial charge in [-0.15, -0.1) is 0 Å². The number of carbonyl (C=O) groups excluding carboxylic acids is 3. The molecule has 0 saturated carbocycles. The largest absolute Gasteiger partial charge is 0.638 e. The van der Waals surface area contributed by atoms with Crippen molar-refractivity contribution in [2.75, 3.05) is 0 Å². The summed E-state index contributed by atoms with van der Waals surface area (Å²) in [7, 11) is -2.88. The zero-order valence-electron chi connectivity index (χ0n) is 17.2. The molecule has 0 fully saturated rings. The van der Waals surface area contributed by atoms with E-state index >= 15 is 0 Å². The molecule has 4 N–H and O–H groups in total. The first-order valence-corrected chi connectivity index (χ1v) is 10.6. The maximum absolute atomic E-state index is 11.6. The van der Waals surface area contributed by atoms with Crippen molar-refractivity contribution < 1.29 is 51.8 Å². The third-order valence-electron chi connectivity index (χ3n) is 3.57. The van der Waals surface area contributed by atoms with Gasteiger partial charge in [-0.1, -0.05) is 91.0 Å². The monoisotopic (exact) mass is 526 g/mol. The van der Waals surface area contributed by atoms with Gasteiger partial charge in [0, 0.05) is 19.5 Å². The summed E-state index contributed by atoms with van der Waals surface area (Å²) in [6.07, 6.45) is -6.25. The van der Waals surface area contributed by atoms with Crippen LogP contribution in [0.1, 0.15) is 0 Å². The number of benzene rings is 3. The number of rotatable bonds is 3. The van der Waals surface area contributed by atoms with Crippen LogP contribution in [-0.2, 0) is 19.5 Å². The quantitative estimate of drug-likeness (QED) is 0.220. The minimum Gasteiger partial charge on any atom is -0.638 e. The molecule has 3 aromatic carbocycles. The molecule has 0 unspecified atom stereocenters. The second kappa shape index (κ2) is 17.2. The van der Waals surface area contributed by atoms with Gasteiger partial charge in [-0.3, -0.25) is 14.4 Å².